The summed E-state index contributed by atoms with van der Waals surface area (Å²) in [6.45, 7) is 3.49. The second kappa shape index (κ2) is 9.71. The molecule has 1 aliphatic carbocycles. The van der Waals surface area contributed by atoms with Crippen LogP contribution in [0, 0.1) is 0 Å². The molecule has 2 aliphatic rings. The Bertz CT molecular complexity index is 1660. The van der Waals surface area contributed by atoms with Gasteiger partial charge in [0.15, 0.2) is 17.0 Å². The third-order valence-electron chi connectivity index (χ3n) is 7.33. The van der Waals surface area contributed by atoms with Gasteiger partial charge in [0.2, 0.25) is 0 Å². The highest BCUT2D eigenvalue weighted by atomic mass is 32.2. The van der Waals surface area contributed by atoms with Crippen molar-refractivity contribution in [3.63, 3.8) is 0 Å². The van der Waals surface area contributed by atoms with Crippen molar-refractivity contribution < 1.29 is 14.3 Å². The number of hydrogen-bond acceptors (Lipinski definition) is 7. The summed E-state index contributed by atoms with van der Waals surface area (Å²) in [5.41, 5.74) is 5.55. The Labute approximate surface area is 228 Å². The number of carbonyl (C=O) groups is 2. The molecule has 0 bridgehead atoms. The first-order chi connectivity index (χ1) is 18.3. The summed E-state index contributed by atoms with van der Waals surface area (Å²) in [6, 6.07) is 11.6. The van der Waals surface area contributed by atoms with Crippen molar-refractivity contribution in [2.45, 2.75) is 56.0 Å². The number of hydrogen-bond donors (Lipinski definition) is 1. The molecule has 2 aromatic heterocycles. The number of likely N-dealkylation sites (N-methyl/N-ethyl adjacent to an activating group) is 1. The normalized spacial score (nSPS) is 17.6. The van der Waals surface area contributed by atoms with Crippen LogP contribution in [0.25, 0.3) is 21.3 Å². The van der Waals surface area contributed by atoms with E-state index in [-0.39, 0.29) is 17.2 Å². The highest BCUT2D eigenvalue weighted by Gasteiger charge is 2.30. The molecule has 0 fully saturated rings. The lowest BCUT2D eigenvalue weighted by atomic mass is 9.89. The van der Waals surface area contributed by atoms with Crippen molar-refractivity contribution in [3.05, 3.63) is 68.8 Å². The number of H-pyrrole nitrogens is 1. The number of anilines is 1. The standard InChI is InChI=1S/C29H27N3O4S2/c1-15-28(35)32(3)22-13-20(10-11-23(22)36-15)25(33)16(2)38-29-30-26(34)24-21(14-37-27(24)31-29)19-9-8-17-6-4-5-7-18(17)12-19/h8-16H,4-7H2,1-3H3,(H,30,31,34). The van der Waals surface area contributed by atoms with Gasteiger partial charge in [0, 0.05) is 23.6 Å². The number of aryl methyl sites for hydroxylation is 2. The third kappa shape index (κ3) is 4.33. The maximum atomic E-state index is 13.3. The fourth-order valence-electron chi connectivity index (χ4n) is 5.22. The number of thiophene rings is 1. The number of ketones is 1. The van der Waals surface area contributed by atoms with E-state index in [1.165, 1.54) is 52.0 Å². The summed E-state index contributed by atoms with van der Waals surface area (Å²) >= 11 is 2.66. The Morgan fingerprint density at radius 1 is 1.16 bits per heavy atom. The smallest absolute Gasteiger partial charge is 0.267 e. The molecule has 7 nitrogen and oxygen atoms in total. The Balaban J connectivity index is 1.25. The van der Waals surface area contributed by atoms with Gasteiger partial charge < -0.3 is 14.6 Å². The van der Waals surface area contributed by atoms with E-state index in [1.54, 1.807) is 39.1 Å². The van der Waals surface area contributed by atoms with E-state index >= 15 is 0 Å². The second-order valence-electron chi connectivity index (χ2n) is 9.86. The van der Waals surface area contributed by atoms with Gasteiger partial charge in [-0.2, -0.15) is 0 Å². The van der Waals surface area contributed by atoms with Crippen LogP contribution in [-0.2, 0) is 17.6 Å². The molecular weight excluding hydrogens is 518 g/mol. The number of carbonyl (C=O) groups excluding carboxylic acids is 2. The van der Waals surface area contributed by atoms with E-state index in [4.69, 9.17) is 4.74 Å². The van der Waals surface area contributed by atoms with Crippen LogP contribution < -0.4 is 15.2 Å². The van der Waals surface area contributed by atoms with Crippen molar-refractivity contribution in [1.29, 1.82) is 0 Å². The minimum Gasteiger partial charge on any atom is -0.479 e. The maximum Gasteiger partial charge on any atom is 0.267 e. The number of aromatic nitrogens is 2. The van der Waals surface area contributed by atoms with E-state index in [1.807, 2.05) is 5.38 Å². The predicted molar refractivity (Wildman–Crippen MR) is 152 cm³/mol. The van der Waals surface area contributed by atoms with Crippen LogP contribution in [0.2, 0.25) is 0 Å². The number of amides is 1. The first-order valence-corrected chi connectivity index (χ1v) is 14.5. The summed E-state index contributed by atoms with van der Waals surface area (Å²) in [5.74, 6) is 0.284. The van der Waals surface area contributed by atoms with E-state index < -0.39 is 11.4 Å². The lowest BCUT2D eigenvalue weighted by Crippen LogP contribution is -2.42. The first-order valence-electron chi connectivity index (χ1n) is 12.7. The Morgan fingerprint density at radius 2 is 1.95 bits per heavy atom. The number of nitrogens with zero attached hydrogens (tertiary/aromatic N) is 2. The highest BCUT2D eigenvalue weighted by Crippen LogP contribution is 2.36. The van der Waals surface area contributed by atoms with Gasteiger partial charge in [-0.05, 0) is 74.4 Å². The van der Waals surface area contributed by atoms with Gasteiger partial charge in [0.1, 0.15) is 10.6 Å². The SMILES string of the molecule is CC1Oc2ccc(C(=O)C(C)Sc3nc4scc(-c5ccc6c(c5)CCCC6)c4c(=O)[nH]3)cc2N(C)C1=O. The van der Waals surface area contributed by atoms with E-state index in [0.29, 0.717) is 32.4 Å². The molecule has 0 saturated heterocycles. The van der Waals surface area contributed by atoms with Crippen LogP contribution in [0.15, 0.2) is 51.7 Å². The summed E-state index contributed by atoms with van der Waals surface area (Å²) in [4.78, 5) is 48.5. The van der Waals surface area contributed by atoms with Crippen LogP contribution in [0.4, 0.5) is 5.69 Å². The summed E-state index contributed by atoms with van der Waals surface area (Å²) in [5, 5.41) is 2.49. The second-order valence-corrected chi connectivity index (χ2v) is 12.0. The van der Waals surface area contributed by atoms with Gasteiger partial charge in [-0.25, -0.2) is 4.98 Å². The quantitative estimate of drug-likeness (QED) is 0.198. The Kier molecular flexibility index (Phi) is 6.36. The highest BCUT2D eigenvalue weighted by molar-refractivity contribution is 8.00. The van der Waals surface area contributed by atoms with Gasteiger partial charge in [-0.1, -0.05) is 30.0 Å². The number of nitrogens with one attached hydrogen (secondary N) is 1. The number of ether oxygens (including phenoxy) is 1. The topological polar surface area (TPSA) is 92.4 Å². The molecule has 194 valence electrons. The number of thioether (sulfide) groups is 1. The molecule has 2 atom stereocenters. The van der Waals surface area contributed by atoms with Gasteiger partial charge in [0.05, 0.1) is 16.3 Å². The fraction of sp³-hybridized carbons (Fsp3) is 0.310. The van der Waals surface area contributed by atoms with Crippen molar-refractivity contribution in [1.82, 2.24) is 9.97 Å². The molecule has 0 spiro atoms. The molecule has 2 aromatic carbocycles. The van der Waals surface area contributed by atoms with Crippen LogP contribution in [0.5, 0.6) is 5.75 Å². The molecule has 3 heterocycles. The molecular formula is C29H27N3O4S2. The molecule has 1 amide bonds. The van der Waals surface area contributed by atoms with E-state index in [0.717, 1.165) is 24.0 Å². The Morgan fingerprint density at radius 3 is 2.76 bits per heavy atom. The number of Topliss-reactive ketones (excluding diaryl/α,β-unsaturated/α-hetero) is 1. The van der Waals surface area contributed by atoms with Gasteiger partial charge >= 0.3 is 0 Å². The number of rotatable bonds is 5. The summed E-state index contributed by atoms with van der Waals surface area (Å²) < 4.78 is 5.66. The molecule has 1 aliphatic heterocycles. The zero-order chi connectivity index (χ0) is 26.6. The molecule has 1 N–H and O–H groups in total. The maximum absolute atomic E-state index is 13.3. The molecule has 2 unspecified atom stereocenters. The van der Waals surface area contributed by atoms with E-state index in [2.05, 4.69) is 28.2 Å². The van der Waals surface area contributed by atoms with Crippen molar-refractivity contribution >= 4 is 50.7 Å². The third-order valence-corrected chi connectivity index (χ3v) is 9.18. The van der Waals surface area contributed by atoms with Crippen molar-refractivity contribution in [3.8, 4) is 16.9 Å². The first kappa shape index (κ1) is 24.9. The van der Waals surface area contributed by atoms with Gasteiger partial charge in [0.25, 0.3) is 11.5 Å². The van der Waals surface area contributed by atoms with Gasteiger partial charge in [-0.15, -0.1) is 11.3 Å². The molecule has 9 heteroatoms. The number of fused-ring (bicyclic) bond motifs is 3. The van der Waals surface area contributed by atoms with Crippen molar-refractivity contribution in [2.24, 2.45) is 0 Å². The minimum absolute atomic E-state index is 0.124. The molecule has 4 aromatic rings. The largest absolute Gasteiger partial charge is 0.479 e. The zero-order valence-corrected chi connectivity index (χ0v) is 23.0. The van der Waals surface area contributed by atoms with Crippen LogP contribution in [0.3, 0.4) is 0 Å². The average Bonchev–Trinajstić information content (AvgIpc) is 3.35. The average molecular weight is 546 g/mol. The van der Waals surface area contributed by atoms with Crippen LogP contribution in [0.1, 0.15) is 48.2 Å². The number of aromatic amines is 1. The lowest BCUT2D eigenvalue weighted by molar-refractivity contribution is -0.125. The summed E-state index contributed by atoms with van der Waals surface area (Å²) in [7, 11) is 1.68. The molecule has 0 saturated carbocycles. The Hall–Kier alpha value is -3.43. The van der Waals surface area contributed by atoms with Crippen LogP contribution in [-0.4, -0.2) is 40.1 Å². The monoisotopic (exact) mass is 545 g/mol. The van der Waals surface area contributed by atoms with Crippen molar-refractivity contribution in [2.75, 3.05) is 11.9 Å². The van der Waals surface area contributed by atoms with Crippen LogP contribution >= 0.6 is 23.1 Å². The number of benzene rings is 2. The minimum atomic E-state index is -0.564. The van der Waals surface area contributed by atoms with Gasteiger partial charge in [-0.3, -0.25) is 14.4 Å². The molecule has 38 heavy (non-hydrogen) atoms. The predicted octanol–water partition coefficient (Wildman–Crippen LogP) is 5.64. The molecule has 0 radical (unpaired) electrons. The summed E-state index contributed by atoms with van der Waals surface area (Å²) in [6.07, 6.45) is 4.07. The molecule has 6 rings (SSSR count). The lowest BCUT2D eigenvalue weighted by Gasteiger charge is -2.30. The van der Waals surface area contributed by atoms with E-state index in [9.17, 15) is 14.4 Å². The zero-order valence-electron chi connectivity index (χ0n) is 21.4. The fourth-order valence-corrected chi connectivity index (χ4v) is 7.10.